The highest BCUT2D eigenvalue weighted by Gasteiger charge is 2.10. The molecule has 0 saturated heterocycles. The fraction of sp³-hybridized carbons (Fsp3) is 0.364. The van der Waals surface area contributed by atoms with E-state index in [1.54, 1.807) is 0 Å². The van der Waals surface area contributed by atoms with Gasteiger partial charge in [-0.3, -0.25) is 0 Å². The molecule has 0 radical (unpaired) electrons. The van der Waals surface area contributed by atoms with Crippen molar-refractivity contribution in [3.63, 3.8) is 0 Å². The van der Waals surface area contributed by atoms with E-state index in [9.17, 15) is 0 Å². The smallest absolute Gasteiger partial charge is 0.152 e. The van der Waals surface area contributed by atoms with Crippen molar-refractivity contribution in [3.8, 4) is 11.5 Å². The van der Waals surface area contributed by atoms with Crippen LogP contribution in [0.2, 0.25) is 0 Å². The van der Waals surface area contributed by atoms with Crippen LogP contribution >= 0.6 is 0 Å². The molecule has 0 amide bonds. The quantitative estimate of drug-likeness (QED) is 0.825. The Bertz CT molecular complexity index is 456. The maximum absolute atomic E-state index is 5.55. The van der Waals surface area contributed by atoms with Crippen molar-refractivity contribution >= 4 is 0 Å². The van der Waals surface area contributed by atoms with E-state index in [-0.39, 0.29) is 0 Å². The van der Waals surface area contributed by atoms with Crippen LogP contribution in [0.3, 0.4) is 0 Å². The predicted octanol–water partition coefficient (Wildman–Crippen LogP) is 1.49. The number of furan rings is 1. The third kappa shape index (κ3) is 1.80. The molecule has 15 heavy (non-hydrogen) atoms. The van der Waals surface area contributed by atoms with Gasteiger partial charge in [-0.05, 0) is 25.6 Å². The summed E-state index contributed by atoms with van der Waals surface area (Å²) in [5.41, 5.74) is 6.50. The summed E-state index contributed by atoms with van der Waals surface area (Å²) in [6, 6.07) is 3.91. The summed E-state index contributed by atoms with van der Waals surface area (Å²) >= 11 is 0. The zero-order valence-electron chi connectivity index (χ0n) is 9.03. The van der Waals surface area contributed by atoms with Gasteiger partial charge in [-0.15, -0.1) is 0 Å². The predicted molar refractivity (Wildman–Crippen MR) is 58.4 cm³/mol. The van der Waals surface area contributed by atoms with Gasteiger partial charge in [-0.1, -0.05) is 0 Å². The molecule has 0 aromatic carbocycles. The molecule has 0 aliphatic carbocycles. The van der Waals surface area contributed by atoms with E-state index in [1.807, 2.05) is 36.9 Å². The Morgan fingerprint density at radius 1 is 1.47 bits per heavy atom. The van der Waals surface area contributed by atoms with Crippen molar-refractivity contribution in [2.24, 2.45) is 12.8 Å². The van der Waals surface area contributed by atoms with Crippen LogP contribution in [0, 0.1) is 6.92 Å². The van der Waals surface area contributed by atoms with Gasteiger partial charge in [-0.25, -0.2) is 4.98 Å². The highest BCUT2D eigenvalue weighted by Crippen LogP contribution is 2.22. The Morgan fingerprint density at radius 2 is 2.27 bits per heavy atom. The molecule has 0 atom stereocenters. The maximum Gasteiger partial charge on any atom is 0.152 e. The highest BCUT2D eigenvalue weighted by atomic mass is 16.3. The first kappa shape index (κ1) is 9.98. The molecule has 0 saturated carbocycles. The van der Waals surface area contributed by atoms with E-state index in [2.05, 4.69) is 4.98 Å². The Balaban J connectivity index is 2.37. The molecule has 2 rings (SSSR count). The summed E-state index contributed by atoms with van der Waals surface area (Å²) in [5, 5.41) is 0. The first-order valence-corrected chi connectivity index (χ1v) is 5.00. The SMILES string of the molecule is Cc1ccc(-c2cnc(CCN)n2C)o1. The molecule has 0 aliphatic rings. The van der Waals surface area contributed by atoms with E-state index < -0.39 is 0 Å². The van der Waals surface area contributed by atoms with Crippen LogP contribution in [0.4, 0.5) is 0 Å². The molecule has 2 aromatic rings. The molecule has 0 bridgehead atoms. The van der Waals surface area contributed by atoms with Gasteiger partial charge in [-0.2, -0.15) is 0 Å². The van der Waals surface area contributed by atoms with Gasteiger partial charge >= 0.3 is 0 Å². The Kier molecular flexibility index (Phi) is 2.60. The van der Waals surface area contributed by atoms with Crippen molar-refractivity contribution < 1.29 is 4.42 Å². The van der Waals surface area contributed by atoms with Crippen molar-refractivity contribution in [3.05, 3.63) is 29.9 Å². The van der Waals surface area contributed by atoms with E-state index >= 15 is 0 Å². The molecule has 4 heteroatoms. The second-order valence-electron chi connectivity index (χ2n) is 3.57. The second kappa shape index (κ2) is 3.90. The minimum absolute atomic E-state index is 0.613. The van der Waals surface area contributed by atoms with Gasteiger partial charge in [0.25, 0.3) is 0 Å². The molecular formula is C11H15N3O. The third-order valence-electron chi connectivity index (χ3n) is 2.45. The first-order chi connectivity index (χ1) is 7.22. The number of aryl methyl sites for hydroxylation is 1. The number of nitrogens with two attached hydrogens (primary N) is 1. The van der Waals surface area contributed by atoms with Gasteiger partial charge < -0.3 is 14.7 Å². The Labute approximate surface area is 88.7 Å². The minimum Gasteiger partial charge on any atom is -0.460 e. The zero-order chi connectivity index (χ0) is 10.8. The number of hydrogen-bond donors (Lipinski definition) is 1. The van der Waals surface area contributed by atoms with Gasteiger partial charge in [0.15, 0.2) is 5.76 Å². The van der Waals surface area contributed by atoms with E-state index in [0.717, 1.165) is 29.5 Å². The van der Waals surface area contributed by atoms with E-state index in [0.29, 0.717) is 6.54 Å². The van der Waals surface area contributed by atoms with Crippen molar-refractivity contribution in [2.45, 2.75) is 13.3 Å². The number of hydrogen-bond acceptors (Lipinski definition) is 3. The molecule has 80 valence electrons. The fourth-order valence-corrected chi connectivity index (χ4v) is 1.61. The van der Waals surface area contributed by atoms with E-state index in [1.165, 1.54) is 0 Å². The number of nitrogens with zero attached hydrogens (tertiary/aromatic N) is 2. The summed E-state index contributed by atoms with van der Waals surface area (Å²) in [6.07, 6.45) is 2.61. The van der Waals surface area contributed by atoms with E-state index in [4.69, 9.17) is 10.2 Å². The molecule has 2 heterocycles. The molecular weight excluding hydrogens is 190 g/mol. The fourth-order valence-electron chi connectivity index (χ4n) is 1.61. The van der Waals surface area contributed by atoms with Crippen LogP contribution in [0.25, 0.3) is 11.5 Å². The topological polar surface area (TPSA) is 57.0 Å². The molecule has 0 spiro atoms. The largest absolute Gasteiger partial charge is 0.460 e. The van der Waals surface area contributed by atoms with Gasteiger partial charge in [0.05, 0.1) is 6.20 Å². The molecule has 0 unspecified atom stereocenters. The average Bonchev–Trinajstić information content (AvgIpc) is 2.76. The highest BCUT2D eigenvalue weighted by molar-refractivity contribution is 5.52. The van der Waals surface area contributed by atoms with Crippen molar-refractivity contribution in [2.75, 3.05) is 6.54 Å². The van der Waals surface area contributed by atoms with Gasteiger partial charge in [0.1, 0.15) is 17.3 Å². The van der Waals surface area contributed by atoms with Crippen LogP contribution in [0.1, 0.15) is 11.6 Å². The maximum atomic E-state index is 5.55. The molecule has 0 fully saturated rings. The summed E-state index contributed by atoms with van der Waals surface area (Å²) in [4.78, 5) is 4.31. The summed E-state index contributed by atoms with van der Waals surface area (Å²) in [6.45, 7) is 2.54. The lowest BCUT2D eigenvalue weighted by atomic mass is 10.3. The lowest BCUT2D eigenvalue weighted by Crippen LogP contribution is -2.08. The third-order valence-corrected chi connectivity index (χ3v) is 2.45. The molecule has 0 aliphatic heterocycles. The van der Waals surface area contributed by atoms with Gasteiger partial charge in [0.2, 0.25) is 0 Å². The molecule has 2 aromatic heterocycles. The van der Waals surface area contributed by atoms with Crippen LogP contribution < -0.4 is 5.73 Å². The Hall–Kier alpha value is -1.55. The average molecular weight is 205 g/mol. The summed E-state index contributed by atoms with van der Waals surface area (Å²) in [7, 11) is 1.98. The van der Waals surface area contributed by atoms with Crippen LogP contribution in [0.5, 0.6) is 0 Å². The Morgan fingerprint density at radius 3 is 2.87 bits per heavy atom. The minimum atomic E-state index is 0.613. The number of rotatable bonds is 3. The van der Waals surface area contributed by atoms with Crippen LogP contribution in [0.15, 0.2) is 22.7 Å². The lowest BCUT2D eigenvalue weighted by molar-refractivity contribution is 0.543. The summed E-state index contributed by atoms with van der Waals surface area (Å²) < 4.78 is 7.57. The monoisotopic (exact) mass is 205 g/mol. The normalized spacial score (nSPS) is 10.9. The molecule has 2 N–H and O–H groups in total. The number of imidazole rings is 1. The van der Waals surface area contributed by atoms with Crippen LogP contribution in [-0.4, -0.2) is 16.1 Å². The molecule has 4 nitrogen and oxygen atoms in total. The second-order valence-corrected chi connectivity index (χ2v) is 3.57. The van der Waals surface area contributed by atoms with Crippen LogP contribution in [-0.2, 0) is 13.5 Å². The van der Waals surface area contributed by atoms with Crippen molar-refractivity contribution in [1.82, 2.24) is 9.55 Å². The number of aromatic nitrogens is 2. The summed E-state index contributed by atoms with van der Waals surface area (Å²) in [5.74, 6) is 2.75. The van der Waals surface area contributed by atoms with Gasteiger partial charge in [0, 0.05) is 13.5 Å². The van der Waals surface area contributed by atoms with Crippen molar-refractivity contribution in [1.29, 1.82) is 0 Å². The lowest BCUT2D eigenvalue weighted by Gasteiger charge is -2.02. The standard InChI is InChI=1S/C11H15N3O/c1-8-3-4-10(15-8)9-7-13-11(5-6-12)14(9)2/h3-4,7H,5-6,12H2,1-2H3. The zero-order valence-corrected chi connectivity index (χ0v) is 9.03. The first-order valence-electron chi connectivity index (χ1n) is 5.00.